The number of piperidine rings is 1. The number of nitrogens with one attached hydrogen (secondary N) is 2. The number of rotatable bonds is 7. The molecule has 1 aliphatic heterocycles. The number of nitrogens with zero attached hydrogens (tertiary/aromatic N) is 3. The molecular formula is C23H29N5O4. The SMILES string of the molecule is CCN(C(=O)NCc1cc2ccc(OCc3ccon3)cc2[nH]1)C1CCCN(C(C)=O)C1. The maximum atomic E-state index is 12.9. The largest absolute Gasteiger partial charge is 0.487 e. The van der Waals surface area contributed by atoms with Crippen LogP contribution in [-0.2, 0) is 17.9 Å². The van der Waals surface area contributed by atoms with Crippen molar-refractivity contribution in [2.45, 2.75) is 45.9 Å². The van der Waals surface area contributed by atoms with E-state index in [0.29, 0.717) is 26.2 Å². The van der Waals surface area contributed by atoms with Crippen molar-refractivity contribution in [2.75, 3.05) is 19.6 Å². The minimum absolute atomic E-state index is 0.0461. The average Bonchev–Trinajstić information content (AvgIpc) is 3.46. The lowest BCUT2D eigenvalue weighted by Crippen LogP contribution is -2.53. The van der Waals surface area contributed by atoms with E-state index in [0.717, 1.165) is 47.4 Å². The molecule has 1 atom stereocenters. The van der Waals surface area contributed by atoms with E-state index in [2.05, 4.69) is 15.5 Å². The van der Waals surface area contributed by atoms with Crippen LogP contribution in [-0.4, -0.2) is 57.6 Å². The van der Waals surface area contributed by atoms with Gasteiger partial charge in [-0.2, -0.15) is 0 Å². The first-order chi connectivity index (χ1) is 15.5. The van der Waals surface area contributed by atoms with Gasteiger partial charge in [-0.25, -0.2) is 4.79 Å². The second kappa shape index (κ2) is 9.76. The fourth-order valence-electron chi connectivity index (χ4n) is 4.16. The Labute approximate surface area is 186 Å². The predicted molar refractivity (Wildman–Crippen MR) is 119 cm³/mol. The molecule has 9 heteroatoms. The van der Waals surface area contributed by atoms with E-state index in [1.54, 1.807) is 13.0 Å². The molecule has 1 unspecified atom stereocenters. The highest BCUT2D eigenvalue weighted by Gasteiger charge is 2.28. The van der Waals surface area contributed by atoms with Crippen molar-refractivity contribution >= 4 is 22.8 Å². The monoisotopic (exact) mass is 439 g/mol. The molecule has 1 fully saturated rings. The zero-order chi connectivity index (χ0) is 22.5. The molecule has 0 aliphatic carbocycles. The Morgan fingerprint density at radius 3 is 2.97 bits per heavy atom. The van der Waals surface area contributed by atoms with Crippen LogP contribution in [0.4, 0.5) is 4.79 Å². The smallest absolute Gasteiger partial charge is 0.318 e. The number of hydrogen-bond donors (Lipinski definition) is 2. The van der Waals surface area contributed by atoms with Gasteiger partial charge in [-0.1, -0.05) is 5.16 Å². The minimum atomic E-state index is -0.113. The molecule has 0 saturated carbocycles. The normalized spacial score (nSPS) is 16.2. The van der Waals surface area contributed by atoms with Crippen molar-refractivity contribution in [1.29, 1.82) is 0 Å². The molecule has 3 amide bonds. The van der Waals surface area contributed by atoms with Gasteiger partial charge < -0.3 is 29.4 Å². The van der Waals surface area contributed by atoms with Gasteiger partial charge in [0.15, 0.2) is 0 Å². The van der Waals surface area contributed by atoms with Crippen molar-refractivity contribution in [2.24, 2.45) is 0 Å². The lowest BCUT2D eigenvalue weighted by Gasteiger charge is -2.38. The topological polar surface area (TPSA) is 104 Å². The van der Waals surface area contributed by atoms with E-state index in [1.807, 2.05) is 41.0 Å². The van der Waals surface area contributed by atoms with Crippen LogP contribution in [0.15, 0.2) is 41.1 Å². The van der Waals surface area contributed by atoms with Gasteiger partial charge in [0.2, 0.25) is 5.91 Å². The third kappa shape index (κ3) is 5.04. The van der Waals surface area contributed by atoms with Gasteiger partial charge in [0.1, 0.15) is 24.3 Å². The molecular weight excluding hydrogens is 410 g/mol. The fourth-order valence-corrected chi connectivity index (χ4v) is 4.16. The number of amides is 3. The summed E-state index contributed by atoms with van der Waals surface area (Å²) in [5, 5.41) is 7.89. The van der Waals surface area contributed by atoms with Gasteiger partial charge in [-0.15, -0.1) is 0 Å². The van der Waals surface area contributed by atoms with Crippen LogP contribution in [0.3, 0.4) is 0 Å². The summed E-state index contributed by atoms with van der Waals surface area (Å²) < 4.78 is 10.6. The Kier molecular flexibility index (Phi) is 6.63. The summed E-state index contributed by atoms with van der Waals surface area (Å²) in [6, 6.07) is 9.53. The quantitative estimate of drug-likeness (QED) is 0.588. The Hall–Kier alpha value is -3.49. The molecule has 0 spiro atoms. The Morgan fingerprint density at radius 1 is 1.34 bits per heavy atom. The van der Waals surface area contributed by atoms with Crippen LogP contribution in [0.25, 0.3) is 10.9 Å². The average molecular weight is 440 g/mol. The van der Waals surface area contributed by atoms with Gasteiger partial charge in [0.25, 0.3) is 0 Å². The molecule has 2 aromatic heterocycles. The molecule has 1 aliphatic rings. The van der Waals surface area contributed by atoms with Crippen LogP contribution in [0.5, 0.6) is 5.75 Å². The lowest BCUT2D eigenvalue weighted by atomic mass is 10.0. The van der Waals surface area contributed by atoms with E-state index >= 15 is 0 Å². The predicted octanol–water partition coefficient (Wildman–Crippen LogP) is 3.28. The fraction of sp³-hybridized carbons (Fsp3) is 0.435. The van der Waals surface area contributed by atoms with Gasteiger partial charge >= 0.3 is 6.03 Å². The standard InChI is InChI=1S/C23H29N5O4/c1-3-28(20-5-4-9-27(14-20)16(2)29)23(30)24-13-19-11-17-6-7-21(12-22(17)25-19)31-15-18-8-10-32-26-18/h6-8,10-12,20,25H,3-5,9,13-15H2,1-2H3,(H,24,30). The number of likely N-dealkylation sites (tertiary alicyclic amines) is 1. The van der Waals surface area contributed by atoms with Crippen molar-refractivity contribution < 1.29 is 18.8 Å². The molecule has 170 valence electrons. The van der Waals surface area contributed by atoms with Crippen LogP contribution in [0.2, 0.25) is 0 Å². The second-order valence-corrected chi connectivity index (χ2v) is 8.03. The summed E-state index contributed by atoms with van der Waals surface area (Å²) in [6.07, 6.45) is 3.34. The summed E-state index contributed by atoms with van der Waals surface area (Å²) in [4.78, 5) is 31.6. The highest BCUT2D eigenvalue weighted by molar-refractivity contribution is 5.82. The van der Waals surface area contributed by atoms with Gasteiger partial charge in [-0.05, 0) is 43.4 Å². The molecule has 4 rings (SSSR count). The number of urea groups is 1. The zero-order valence-electron chi connectivity index (χ0n) is 18.5. The molecule has 2 N–H and O–H groups in total. The summed E-state index contributed by atoms with van der Waals surface area (Å²) in [6.45, 7) is 6.24. The maximum absolute atomic E-state index is 12.9. The zero-order valence-corrected chi connectivity index (χ0v) is 18.5. The number of fused-ring (bicyclic) bond motifs is 1. The summed E-state index contributed by atoms with van der Waals surface area (Å²) >= 11 is 0. The van der Waals surface area contributed by atoms with E-state index in [-0.39, 0.29) is 18.0 Å². The number of ether oxygens (including phenoxy) is 1. The second-order valence-electron chi connectivity index (χ2n) is 8.03. The summed E-state index contributed by atoms with van der Waals surface area (Å²) in [5.41, 5.74) is 2.57. The first-order valence-corrected chi connectivity index (χ1v) is 11.0. The summed E-state index contributed by atoms with van der Waals surface area (Å²) in [7, 11) is 0. The van der Waals surface area contributed by atoms with E-state index in [9.17, 15) is 9.59 Å². The van der Waals surface area contributed by atoms with Gasteiger partial charge in [0.05, 0.1) is 12.6 Å². The maximum Gasteiger partial charge on any atom is 0.318 e. The number of aromatic nitrogens is 2. The van der Waals surface area contributed by atoms with Crippen LogP contribution < -0.4 is 10.1 Å². The van der Waals surface area contributed by atoms with Crippen molar-refractivity contribution in [3.8, 4) is 5.75 Å². The highest BCUT2D eigenvalue weighted by atomic mass is 16.5. The number of aromatic amines is 1. The third-order valence-electron chi connectivity index (χ3n) is 5.84. The van der Waals surface area contributed by atoms with Crippen LogP contribution in [0, 0.1) is 0 Å². The highest BCUT2D eigenvalue weighted by Crippen LogP contribution is 2.22. The summed E-state index contributed by atoms with van der Waals surface area (Å²) in [5.74, 6) is 0.788. The molecule has 3 aromatic rings. The van der Waals surface area contributed by atoms with Crippen LogP contribution in [0.1, 0.15) is 38.1 Å². The number of likely N-dealkylation sites (N-methyl/N-ethyl adjacent to an activating group) is 1. The van der Waals surface area contributed by atoms with E-state index in [4.69, 9.17) is 9.26 Å². The molecule has 32 heavy (non-hydrogen) atoms. The first-order valence-electron chi connectivity index (χ1n) is 11.0. The van der Waals surface area contributed by atoms with Crippen LogP contribution >= 0.6 is 0 Å². The lowest BCUT2D eigenvalue weighted by molar-refractivity contribution is -0.130. The molecule has 0 radical (unpaired) electrons. The Balaban J connectivity index is 1.35. The number of carbonyl (C=O) groups excluding carboxylic acids is 2. The van der Waals surface area contributed by atoms with Crippen molar-refractivity contribution in [3.63, 3.8) is 0 Å². The molecule has 3 heterocycles. The Morgan fingerprint density at radius 2 is 2.22 bits per heavy atom. The van der Waals surface area contributed by atoms with Crippen molar-refractivity contribution in [1.82, 2.24) is 25.3 Å². The van der Waals surface area contributed by atoms with Gasteiger partial charge in [0, 0.05) is 49.9 Å². The van der Waals surface area contributed by atoms with Crippen molar-refractivity contribution in [3.05, 3.63) is 48.0 Å². The molecule has 9 nitrogen and oxygen atoms in total. The van der Waals surface area contributed by atoms with Gasteiger partial charge in [-0.3, -0.25) is 4.79 Å². The molecule has 1 saturated heterocycles. The minimum Gasteiger partial charge on any atom is -0.487 e. The Bertz CT molecular complexity index is 1060. The van der Waals surface area contributed by atoms with E-state index in [1.165, 1.54) is 6.26 Å². The number of H-pyrrole nitrogens is 1. The molecule has 1 aromatic carbocycles. The van der Waals surface area contributed by atoms with E-state index < -0.39 is 0 Å². The first kappa shape index (κ1) is 21.7. The third-order valence-corrected chi connectivity index (χ3v) is 5.84. The number of carbonyl (C=O) groups is 2. The number of hydrogen-bond acceptors (Lipinski definition) is 5. The molecule has 0 bridgehead atoms. The number of benzene rings is 1.